The topological polar surface area (TPSA) is 69.6 Å². The Morgan fingerprint density at radius 3 is 2.23 bits per heavy atom. The second kappa shape index (κ2) is 10.8. The van der Waals surface area contributed by atoms with Crippen LogP contribution in [0.4, 0.5) is 5.82 Å². The van der Waals surface area contributed by atoms with E-state index in [2.05, 4.69) is 28.7 Å². The van der Waals surface area contributed by atoms with E-state index in [0.717, 1.165) is 24.5 Å². The van der Waals surface area contributed by atoms with Crippen molar-refractivity contribution in [2.45, 2.75) is 31.7 Å². The summed E-state index contributed by atoms with van der Waals surface area (Å²) in [5, 5.41) is 1.07. The number of carbonyl (C=O) groups excluding carboxylic acids is 2. The zero-order valence-corrected chi connectivity index (χ0v) is 19.7. The number of piperazine rings is 1. The summed E-state index contributed by atoms with van der Waals surface area (Å²) in [6.45, 7) is 9.74. The van der Waals surface area contributed by atoms with Gasteiger partial charge in [-0.3, -0.25) is 9.59 Å². The van der Waals surface area contributed by atoms with Crippen molar-refractivity contribution >= 4 is 41.0 Å². The number of rotatable bonds is 7. The summed E-state index contributed by atoms with van der Waals surface area (Å²) in [6.07, 6.45) is 0. The Balaban J connectivity index is 1.59. The van der Waals surface area contributed by atoms with Crippen LogP contribution in [0.5, 0.6) is 0 Å². The van der Waals surface area contributed by atoms with Gasteiger partial charge in [-0.25, -0.2) is 9.97 Å². The van der Waals surface area contributed by atoms with Crippen LogP contribution in [0.2, 0.25) is 5.15 Å². The summed E-state index contributed by atoms with van der Waals surface area (Å²) < 4.78 is 0. The predicted octanol–water partition coefficient (Wildman–Crippen LogP) is 3.57. The molecule has 1 fully saturated rings. The predicted molar refractivity (Wildman–Crippen MR) is 125 cm³/mol. The third-order valence-electron chi connectivity index (χ3n) is 5.33. The first-order valence-corrected chi connectivity index (χ1v) is 11.8. The Labute approximate surface area is 192 Å². The van der Waals surface area contributed by atoms with Gasteiger partial charge >= 0.3 is 0 Å². The Hall–Kier alpha value is -2.32. The van der Waals surface area contributed by atoms with Gasteiger partial charge in [-0.05, 0) is 31.5 Å². The molecule has 7 nitrogen and oxygen atoms in total. The number of hydrogen-bond acceptors (Lipinski definition) is 6. The summed E-state index contributed by atoms with van der Waals surface area (Å²) in [4.78, 5) is 38.8. The van der Waals surface area contributed by atoms with E-state index in [9.17, 15) is 9.59 Å². The molecule has 2 heterocycles. The van der Waals surface area contributed by atoms with Crippen LogP contribution in [-0.4, -0.2) is 70.9 Å². The highest BCUT2D eigenvalue weighted by molar-refractivity contribution is 7.98. The fourth-order valence-electron chi connectivity index (χ4n) is 3.46. The number of aromatic nitrogens is 2. The maximum Gasteiger partial charge on any atom is 0.253 e. The van der Waals surface area contributed by atoms with Crippen molar-refractivity contribution in [3.05, 3.63) is 46.6 Å². The first-order valence-electron chi connectivity index (χ1n) is 10.5. The van der Waals surface area contributed by atoms with E-state index in [4.69, 9.17) is 11.6 Å². The maximum absolute atomic E-state index is 12.7. The highest BCUT2D eigenvalue weighted by Gasteiger charge is 2.23. The minimum atomic E-state index is 0.00411. The number of amides is 2. The molecule has 0 N–H and O–H groups in total. The van der Waals surface area contributed by atoms with E-state index >= 15 is 0 Å². The molecule has 0 spiro atoms. The third kappa shape index (κ3) is 6.11. The third-order valence-corrected chi connectivity index (χ3v) is 6.44. The van der Waals surface area contributed by atoms with Crippen LogP contribution < -0.4 is 4.90 Å². The number of halogens is 1. The molecule has 3 rings (SSSR count). The van der Waals surface area contributed by atoms with Crippen molar-refractivity contribution in [3.63, 3.8) is 0 Å². The number of nitrogens with zero attached hydrogens (tertiary/aromatic N) is 5. The van der Waals surface area contributed by atoms with Crippen molar-refractivity contribution in [2.75, 3.05) is 44.2 Å². The van der Waals surface area contributed by atoms with E-state index in [1.807, 2.05) is 24.3 Å². The number of benzene rings is 1. The molecule has 2 amide bonds. The summed E-state index contributed by atoms with van der Waals surface area (Å²) in [5.74, 6) is 1.58. The van der Waals surface area contributed by atoms with E-state index in [-0.39, 0.29) is 11.8 Å². The van der Waals surface area contributed by atoms with Gasteiger partial charge in [-0.1, -0.05) is 35.5 Å². The Kier molecular flexibility index (Phi) is 8.15. The number of hydrogen-bond donors (Lipinski definition) is 0. The average molecular weight is 462 g/mol. The summed E-state index contributed by atoms with van der Waals surface area (Å²) in [7, 11) is 0. The monoisotopic (exact) mass is 461 g/mol. The van der Waals surface area contributed by atoms with E-state index in [0.29, 0.717) is 47.8 Å². The lowest BCUT2D eigenvalue weighted by molar-refractivity contribution is -0.130. The highest BCUT2D eigenvalue weighted by Crippen LogP contribution is 2.25. The zero-order valence-electron chi connectivity index (χ0n) is 18.2. The van der Waals surface area contributed by atoms with E-state index in [1.165, 1.54) is 11.8 Å². The molecule has 1 aliphatic rings. The van der Waals surface area contributed by atoms with Crippen LogP contribution >= 0.6 is 23.4 Å². The van der Waals surface area contributed by atoms with E-state index in [1.54, 1.807) is 22.8 Å². The van der Waals surface area contributed by atoms with E-state index < -0.39 is 0 Å². The van der Waals surface area contributed by atoms with Crippen LogP contribution in [0.3, 0.4) is 0 Å². The van der Waals surface area contributed by atoms with Crippen molar-refractivity contribution in [2.24, 2.45) is 0 Å². The summed E-state index contributed by atoms with van der Waals surface area (Å²) in [6, 6.07) is 9.42. The molecule has 31 heavy (non-hydrogen) atoms. The molecule has 9 heteroatoms. The zero-order chi connectivity index (χ0) is 22.4. The molecule has 0 radical (unpaired) electrons. The van der Waals surface area contributed by atoms with Gasteiger partial charge < -0.3 is 14.7 Å². The fraction of sp³-hybridized carbons (Fsp3) is 0.455. The van der Waals surface area contributed by atoms with Crippen LogP contribution in [0.1, 0.15) is 36.7 Å². The van der Waals surface area contributed by atoms with Crippen LogP contribution in [-0.2, 0) is 10.5 Å². The molecule has 0 bridgehead atoms. The molecule has 2 aromatic rings. The minimum Gasteiger partial charge on any atom is -0.357 e. The van der Waals surface area contributed by atoms with Gasteiger partial charge in [0, 0.05) is 63.6 Å². The first kappa shape index (κ1) is 23.3. The maximum atomic E-state index is 12.7. The molecule has 0 aliphatic carbocycles. The van der Waals surface area contributed by atoms with Crippen molar-refractivity contribution in [1.82, 2.24) is 19.8 Å². The Bertz CT molecular complexity index is 913. The summed E-state index contributed by atoms with van der Waals surface area (Å²) in [5.41, 5.74) is 1.74. The molecule has 166 valence electrons. The molecule has 1 saturated heterocycles. The normalized spacial score (nSPS) is 13.9. The molecule has 1 aromatic heterocycles. The molecular formula is C22H28ClN5O2S. The molecule has 0 atom stereocenters. The van der Waals surface area contributed by atoms with Gasteiger partial charge in [0.05, 0.1) is 0 Å². The molecule has 1 aromatic carbocycles. The number of anilines is 1. The number of thioether (sulfide) groups is 1. The van der Waals surface area contributed by atoms with Gasteiger partial charge in [-0.2, -0.15) is 0 Å². The lowest BCUT2D eigenvalue weighted by atomic mass is 10.1. The molecule has 0 unspecified atom stereocenters. The largest absolute Gasteiger partial charge is 0.357 e. The van der Waals surface area contributed by atoms with Gasteiger partial charge in [0.25, 0.3) is 5.91 Å². The Morgan fingerprint density at radius 2 is 1.65 bits per heavy atom. The van der Waals surface area contributed by atoms with Crippen LogP contribution in [0.25, 0.3) is 0 Å². The number of carbonyl (C=O) groups is 2. The lowest BCUT2D eigenvalue weighted by Gasteiger charge is -2.34. The average Bonchev–Trinajstić information content (AvgIpc) is 2.78. The van der Waals surface area contributed by atoms with Crippen LogP contribution in [0, 0.1) is 0 Å². The van der Waals surface area contributed by atoms with Gasteiger partial charge in [0.15, 0.2) is 5.16 Å². The highest BCUT2D eigenvalue weighted by atomic mass is 35.5. The van der Waals surface area contributed by atoms with Gasteiger partial charge in [-0.15, -0.1) is 0 Å². The lowest BCUT2D eigenvalue weighted by Crippen LogP contribution is -2.50. The van der Waals surface area contributed by atoms with Crippen molar-refractivity contribution in [1.29, 1.82) is 0 Å². The Morgan fingerprint density at radius 1 is 1.03 bits per heavy atom. The fourth-order valence-corrected chi connectivity index (χ4v) is 4.49. The van der Waals surface area contributed by atoms with Crippen molar-refractivity contribution in [3.8, 4) is 0 Å². The second-order valence-electron chi connectivity index (χ2n) is 7.29. The second-order valence-corrected chi connectivity index (χ2v) is 8.62. The van der Waals surface area contributed by atoms with Crippen LogP contribution in [0.15, 0.2) is 35.5 Å². The molecular weight excluding hydrogens is 434 g/mol. The summed E-state index contributed by atoms with van der Waals surface area (Å²) >= 11 is 7.71. The smallest absolute Gasteiger partial charge is 0.253 e. The quantitative estimate of drug-likeness (QED) is 0.356. The standard InChI is InChI=1S/C22H28ClN5O2S/c1-4-26(5-2)20-14-19(23)24-22(25-20)31-15-17-6-8-18(9-7-17)21(30)28-12-10-27(11-13-28)16(3)29/h6-9,14H,4-5,10-13,15H2,1-3H3. The first-order chi connectivity index (χ1) is 14.9. The van der Waals surface area contributed by atoms with Crippen molar-refractivity contribution < 1.29 is 9.59 Å². The molecule has 0 saturated carbocycles. The SMILES string of the molecule is CCN(CC)c1cc(Cl)nc(SCc2ccc(C(=O)N3CCN(C(C)=O)CC3)cc2)n1. The van der Waals surface area contributed by atoms with Gasteiger partial charge in [0.2, 0.25) is 5.91 Å². The minimum absolute atomic E-state index is 0.00411. The molecule has 1 aliphatic heterocycles. The van der Waals surface area contributed by atoms with Gasteiger partial charge in [0.1, 0.15) is 11.0 Å².